The van der Waals surface area contributed by atoms with Crippen LogP contribution in [-0.2, 0) is 20.7 Å². The Balaban J connectivity index is 2.04. The Hall–Kier alpha value is -3.53. The molecule has 9 nitrogen and oxygen atoms in total. The van der Waals surface area contributed by atoms with Gasteiger partial charge in [0.25, 0.3) is 0 Å². The van der Waals surface area contributed by atoms with E-state index in [9.17, 15) is 14.3 Å². The molecule has 0 fully saturated rings. The third-order valence-corrected chi connectivity index (χ3v) is 3.95. The summed E-state index contributed by atoms with van der Waals surface area (Å²) >= 11 is 0. The van der Waals surface area contributed by atoms with Crippen molar-refractivity contribution < 1.29 is 19.0 Å². The first-order valence-electron chi connectivity index (χ1n) is 8.77. The molecule has 0 saturated heterocycles. The molecule has 2 aromatic carbocycles. The number of amides is 1. The Bertz CT molecular complexity index is 898. The maximum atomic E-state index is 12.4. The van der Waals surface area contributed by atoms with E-state index in [0.717, 1.165) is 5.56 Å². The van der Waals surface area contributed by atoms with Gasteiger partial charge in [-0.3, -0.25) is 0 Å². The van der Waals surface area contributed by atoms with Gasteiger partial charge in [0.05, 0.1) is 5.69 Å². The van der Waals surface area contributed by atoms with Crippen LogP contribution in [0.5, 0.6) is 0 Å². The van der Waals surface area contributed by atoms with Crippen LogP contribution in [0.3, 0.4) is 0 Å². The molecule has 150 valence electrons. The molecule has 6 N–H and O–H groups in total. The van der Waals surface area contributed by atoms with Crippen LogP contribution in [0.15, 0.2) is 53.5 Å². The predicted molar refractivity (Wildman–Crippen MR) is 110 cm³/mol. The Morgan fingerprint density at radius 1 is 1.17 bits per heavy atom. The molecule has 0 aliphatic carbocycles. The molecule has 29 heavy (non-hydrogen) atoms. The van der Waals surface area contributed by atoms with E-state index in [0.29, 0.717) is 30.5 Å². The molecule has 0 aliphatic heterocycles. The Labute approximate surface area is 168 Å². The number of methoxy groups -OCH3 is 1. The van der Waals surface area contributed by atoms with Gasteiger partial charge in [-0.15, -0.1) is 0 Å². The van der Waals surface area contributed by atoms with Crippen LogP contribution in [0.25, 0.3) is 0 Å². The zero-order chi connectivity index (χ0) is 21.2. The fraction of sp³-hybridized carbons (Fsp3) is 0.211. The number of benzene rings is 2. The molecular weight excluding hydrogens is 373 g/mol. The van der Waals surface area contributed by atoms with Crippen molar-refractivity contribution >= 4 is 36.4 Å². The Morgan fingerprint density at radius 3 is 2.52 bits per heavy atom. The van der Waals surface area contributed by atoms with Crippen molar-refractivity contribution in [2.45, 2.75) is 12.5 Å². The fourth-order valence-corrected chi connectivity index (χ4v) is 2.60. The summed E-state index contributed by atoms with van der Waals surface area (Å²) in [7, 11) is 1.97. The zero-order valence-electron chi connectivity index (χ0n) is 15.9. The second kappa shape index (κ2) is 10.7. The minimum atomic E-state index is -0.635. The summed E-state index contributed by atoms with van der Waals surface area (Å²) in [6, 6.07) is 13.0. The fourth-order valence-electron chi connectivity index (χ4n) is 2.60. The first kappa shape index (κ1) is 21.8. The number of carbonyl (C=O) groups is 2. The molecule has 0 spiro atoms. The van der Waals surface area contributed by atoms with Gasteiger partial charge in [-0.2, -0.15) is 0 Å². The van der Waals surface area contributed by atoms with Crippen LogP contribution in [0.2, 0.25) is 0 Å². The Kier molecular flexibility index (Phi) is 8.05. The van der Waals surface area contributed by atoms with Crippen molar-refractivity contribution in [2.75, 3.05) is 18.9 Å². The number of guanidine groups is 1. The van der Waals surface area contributed by atoms with Gasteiger partial charge < -0.3 is 11.5 Å². The van der Waals surface area contributed by atoms with Crippen molar-refractivity contribution in [3.63, 3.8) is 0 Å². The molecule has 0 aliphatic rings. The topological polar surface area (TPSA) is 149 Å². The van der Waals surface area contributed by atoms with Crippen LogP contribution in [-0.4, -0.2) is 44.6 Å². The summed E-state index contributed by atoms with van der Waals surface area (Å²) in [5, 5.41) is 5.60. The van der Waals surface area contributed by atoms with E-state index in [2.05, 4.69) is 15.6 Å². The van der Waals surface area contributed by atoms with E-state index in [4.69, 9.17) is 16.2 Å². The number of rotatable bonds is 9. The monoisotopic (exact) mass is 395 g/mol. The van der Waals surface area contributed by atoms with Crippen molar-refractivity contribution in [3.8, 4) is 0 Å². The number of nitrogens with zero attached hydrogens (tertiary/aromatic N) is 1. The van der Waals surface area contributed by atoms with Gasteiger partial charge in [0.1, 0.15) is 0 Å². The van der Waals surface area contributed by atoms with Crippen LogP contribution in [0.4, 0.5) is 11.4 Å². The van der Waals surface area contributed by atoms with Gasteiger partial charge in [-0.05, 0) is 6.07 Å². The van der Waals surface area contributed by atoms with Gasteiger partial charge in [-0.1, -0.05) is 6.07 Å². The van der Waals surface area contributed by atoms with E-state index in [1.54, 1.807) is 48.5 Å². The number of nitrogens with one attached hydrogen (secondary N) is 2. The standard InChI is InChI=1S/C19H22BN5O4/c1-29-18(27)16(23-11-20-28)9-12-5-7-14(8-6-12)24-17(26)13-3-2-4-15(10-13)25-19(21)22/h2-8,10,16,23H,9,11H2,1H3,(H,24,26)(H4,21,22,25). The molecule has 1 unspecified atom stereocenters. The number of aliphatic imine (C=N–C) groups is 1. The number of nitrogens with two attached hydrogens (primary N) is 2. The van der Waals surface area contributed by atoms with E-state index in [-0.39, 0.29) is 18.3 Å². The van der Waals surface area contributed by atoms with Gasteiger partial charge >= 0.3 is 128 Å². The summed E-state index contributed by atoms with van der Waals surface area (Å²) in [4.78, 5) is 28.2. The molecule has 0 heterocycles. The van der Waals surface area contributed by atoms with Gasteiger partial charge in [0.15, 0.2) is 5.96 Å². The average Bonchev–Trinajstić information content (AvgIpc) is 2.71. The number of ether oxygens (including phenoxy) is 1. The average molecular weight is 395 g/mol. The molecule has 0 bridgehead atoms. The minimum absolute atomic E-state index is 0.0484. The number of hydrogen-bond donors (Lipinski definition) is 4. The van der Waals surface area contributed by atoms with E-state index >= 15 is 0 Å². The summed E-state index contributed by atoms with van der Waals surface area (Å²) < 4.78 is 15.3. The molecule has 2 aromatic rings. The van der Waals surface area contributed by atoms with E-state index in [1.165, 1.54) is 7.11 Å². The van der Waals surface area contributed by atoms with Gasteiger partial charge in [0, 0.05) is 0 Å². The normalized spacial score (nSPS) is 11.1. The van der Waals surface area contributed by atoms with E-state index < -0.39 is 12.0 Å². The quantitative estimate of drug-likeness (QED) is 0.209. The first-order chi connectivity index (χ1) is 13.9. The molecule has 0 saturated carbocycles. The van der Waals surface area contributed by atoms with E-state index in [1.807, 2.05) is 0 Å². The third kappa shape index (κ3) is 6.85. The number of esters is 1. The summed E-state index contributed by atoms with van der Waals surface area (Å²) in [6.45, 7) is 0. The van der Waals surface area contributed by atoms with Crippen molar-refractivity contribution in [1.29, 1.82) is 0 Å². The molecular formula is C19H22BN5O4. The molecule has 0 aromatic heterocycles. The molecule has 1 atom stereocenters. The number of carbonyl (C=O) groups excluding carboxylic acids is 2. The van der Waals surface area contributed by atoms with Crippen LogP contribution < -0.4 is 22.1 Å². The van der Waals surface area contributed by atoms with Crippen molar-refractivity contribution in [1.82, 2.24) is 5.32 Å². The van der Waals surface area contributed by atoms with Crippen LogP contribution in [0, 0.1) is 0 Å². The predicted octanol–water partition coefficient (Wildman–Crippen LogP) is 0.525. The molecule has 10 heteroatoms. The van der Waals surface area contributed by atoms with Crippen LogP contribution >= 0.6 is 0 Å². The molecule has 1 amide bonds. The summed E-state index contributed by atoms with van der Waals surface area (Å²) in [6.07, 6.45) is 0.391. The maximum absolute atomic E-state index is 12.4. The van der Waals surface area contributed by atoms with Crippen molar-refractivity contribution in [2.24, 2.45) is 16.5 Å². The Morgan fingerprint density at radius 2 is 1.90 bits per heavy atom. The summed E-state index contributed by atoms with van der Waals surface area (Å²) in [5.74, 6) is -0.860. The number of hydrogen-bond acceptors (Lipinski definition) is 6. The van der Waals surface area contributed by atoms with Crippen LogP contribution in [0.1, 0.15) is 15.9 Å². The number of anilines is 1. The van der Waals surface area contributed by atoms with Gasteiger partial charge in [-0.25, -0.2) is 4.99 Å². The zero-order valence-corrected chi connectivity index (χ0v) is 15.9. The van der Waals surface area contributed by atoms with Gasteiger partial charge in [0.2, 0.25) is 0 Å². The first-order valence-corrected chi connectivity index (χ1v) is 8.77. The second-order valence-corrected chi connectivity index (χ2v) is 6.09. The van der Waals surface area contributed by atoms with Crippen molar-refractivity contribution in [3.05, 3.63) is 59.7 Å². The molecule has 2 rings (SSSR count). The molecule has 0 radical (unpaired) electrons. The third-order valence-electron chi connectivity index (χ3n) is 3.95. The SMILES string of the molecule is COC(=O)C(Cc1ccc(NC(=O)c2cccc(N=C(N)N)c2)cc1)NCB=O. The summed E-state index contributed by atoms with van der Waals surface area (Å²) in [5.41, 5.74) is 13.0. The second-order valence-electron chi connectivity index (χ2n) is 6.09.